The summed E-state index contributed by atoms with van der Waals surface area (Å²) < 4.78 is 5.13. The highest BCUT2D eigenvalue weighted by Gasteiger charge is 2.30. The lowest BCUT2D eigenvalue weighted by Crippen LogP contribution is -2.21. The second-order valence-electron chi connectivity index (χ2n) is 4.61. The molecule has 1 aliphatic carbocycles. The van der Waals surface area contributed by atoms with Gasteiger partial charge >= 0.3 is 5.97 Å². The number of nitrogens with one attached hydrogen (secondary N) is 1. The first-order valence-electron chi connectivity index (χ1n) is 6.18. The van der Waals surface area contributed by atoms with E-state index in [2.05, 4.69) is 36.5 Å². The summed E-state index contributed by atoms with van der Waals surface area (Å²) in [7, 11) is 0. The molecule has 1 aliphatic rings. The van der Waals surface area contributed by atoms with E-state index in [4.69, 9.17) is 4.74 Å². The summed E-state index contributed by atoms with van der Waals surface area (Å²) in [6, 6.07) is 8.39. The molecule has 92 valence electrons. The van der Waals surface area contributed by atoms with Crippen LogP contribution in [0.3, 0.4) is 0 Å². The number of hydrogen-bond donors (Lipinski definition) is 1. The van der Waals surface area contributed by atoms with Crippen molar-refractivity contribution in [2.24, 2.45) is 5.92 Å². The number of carbonyl (C=O) groups is 1. The summed E-state index contributed by atoms with van der Waals surface area (Å²) in [4.78, 5) is 11.2. The molecule has 0 heterocycles. The van der Waals surface area contributed by atoms with Gasteiger partial charge in [0.05, 0.1) is 5.92 Å². The molecule has 0 unspecified atom stereocenters. The first-order chi connectivity index (χ1) is 8.25. The predicted molar refractivity (Wildman–Crippen MR) is 66.6 cm³/mol. The number of ether oxygens (including phenoxy) is 1. The summed E-state index contributed by atoms with van der Waals surface area (Å²) in [6.45, 7) is 4.09. The predicted octanol–water partition coefficient (Wildman–Crippen LogP) is 2.04. The number of rotatable bonds is 6. The van der Waals surface area contributed by atoms with Gasteiger partial charge in [-0.15, -0.1) is 0 Å². The van der Waals surface area contributed by atoms with Crippen LogP contribution in [0.5, 0.6) is 0 Å². The van der Waals surface area contributed by atoms with Crippen molar-refractivity contribution in [3.8, 4) is 0 Å². The Labute approximate surface area is 102 Å². The smallest absolute Gasteiger partial charge is 0.308 e. The Morgan fingerprint density at radius 2 is 2.29 bits per heavy atom. The van der Waals surface area contributed by atoms with Crippen molar-refractivity contribution < 1.29 is 9.53 Å². The van der Waals surface area contributed by atoms with Crippen LogP contribution in [0.4, 0.5) is 0 Å². The number of aryl methyl sites for hydroxylation is 1. The van der Waals surface area contributed by atoms with Crippen molar-refractivity contribution in [3.63, 3.8) is 0 Å². The molecule has 0 atom stereocenters. The van der Waals surface area contributed by atoms with Crippen LogP contribution in [0.25, 0.3) is 0 Å². The monoisotopic (exact) mass is 233 g/mol. The molecule has 1 aromatic rings. The van der Waals surface area contributed by atoms with Crippen LogP contribution >= 0.6 is 0 Å². The van der Waals surface area contributed by atoms with Gasteiger partial charge in [0.2, 0.25) is 0 Å². The van der Waals surface area contributed by atoms with Crippen molar-refractivity contribution >= 4 is 5.97 Å². The molecule has 0 spiro atoms. The maximum absolute atomic E-state index is 11.2. The largest absolute Gasteiger partial charge is 0.464 e. The second kappa shape index (κ2) is 5.82. The van der Waals surface area contributed by atoms with Crippen molar-refractivity contribution in [3.05, 3.63) is 35.4 Å². The maximum Gasteiger partial charge on any atom is 0.308 e. The maximum atomic E-state index is 11.2. The normalized spacial score (nSPS) is 14.6. The average Bonchev–Trinajstić information content (AvgIpc) is 3.12. The van der Waals surface area contributed by atoms with E-state index < -0.39 is 0 Å². The molecular weight excluding hydrogens is 214 g/mol. The minimum atomic E-state index is -0.0256. The molecular formula is C14H19NO2. The van der Waals surface area contributed by atoms with Gasteiger partial charge < -0.3 is 10.1 Å². The lowest BCUT2D eigenvalue weighted by molar-refractivity contribution is -0.145. The highest BCUT2D eigenvalue weighted by molar-refractivity contribution is 5.74. The van der Waals surface area contributed by atoms with Crippen LogP contribution < -0.4 is 5.32 Å². The zero-order valence-corrected chi connectivity index (χ0v) is 10.2. The van der Waals surface area contributed by atoms with Crippen LogP contribution in [0.15, 0.2) is 24.3 Å². The fourth-order valence-electron chi connectivity index (χ4n) is 1.72. The highest BCUT2D eigenvalue weighted by Crippen LogP contribution is 2.29. The van der Waals surface area contributed by atoms with E-state index in [1.807, 2.05) is 0 Å². The molecule has 0 saturated heterocycles. The van der Waals surface area contributed by atoms with Gasteiger partial charge in [0, 0.05) is 13.1 Å². The van der Waals surface area contributed by atoms with Gasteiger partial charge in [-0.2, -0.15) is 0 Å². The minimum Gasteiger partial charge on any atom is -0.464 e. The summed E-state index contributed by atoms with van der Waals surface area (Å²) >= 11 is 0. The average molecular weight is 233 g/mol. The molecule has 0 aromatic heterocycles. The molecule has 3 heteroatoms. The molecule has 0 radical (unpaired) electrons. The zero-order valence-electron chi connectivity index (χ0n) is 10.2. The molecule has 2 rings (SSSR count). The minimum absolute atomic E-state index is 0.0256. The third-order valence-corrected chi connectivity index (χ3v) is 2.85. The van der Waals surface area contributed by atoms with E-state index in [1.54, 1.807) is 0 Å². The highest BCUT2D eigenvalue weighted by atomic mass is 16.5. The van der Waals surface area contributed by atoms with E-state index in [0.29, 0.717) is 13.2 Å². The first-order valence-corrected chi connectivity index (χ1v) is 6.18. The number of benzene rings is 1. The summed E-state index contributed by atoms with van der Waals surface area (Å²) in [5.41, 5.74) is 2.53. The molecule has 1 fully saturated rings. The van der Waals surface area contributed by atoms with Gasteiger partial charge in [-0.3, -0.25) is 4.79 Å². The van der Waals surface area contributed by atoms with E-state index in [0.717, 1.165) is 19.4 Å². The van der Waals surface area contributed by atoms with Gasteiger partial charge in [-0.05, 0) is 25.3 Å². The number of esters is 1. The van der Waals surface area contributed by atoms with Crippen molar-refractivity contribution in [1.29, 1.82) is 0 Å². The van der Waals surface area contributed by atoms with Gasteiger partial charge in [0.25, 0.3) is 0 Å². The van der Waals surface area contributed by atoms with Crippen molar-refractivity contribution in [2.75, 3.05) is 13.2 Å². The summed E-state index contributed by atoms with van der Waals surface area (Å²) in [5, 5.41) is 3.27. The fraction of sp³-hybridized carbons (Fsp3) is 0.500. The molecule has 0 amide bonds. The summed E-state index contributed by atoms with van der Waals surface area (Å²) in [5.74, 6) is 0.175. The Bertz CT molecular complexity index is 386. The molecule has 1 saturated carbocycles. The topological polar surface area (TPSA) is 38.3 Å². The SMILES string of the molecule is Cc1cccc(CNCCOC(=O)C2CC2)c1. The Balaban J connectivity index is 1.58. The standard InChI is InChI=1S/C14H19NO2/c1-11-3-2-4-12(9-11)10-15-7-8-17-14(16)13-5-6-13/h2-4,9,13,15H,5-8,10H2,1H3. The number of carbonyl (C=O) groups excluding carboxylic acids is 1. The van der Waals surface area contributed by atoms with Crippen molar-refractivity contribution in [2.45, 2.75) is 26.3 Å². The lowest BCUT2D eigenvalue weighted by Gasteiger charge is -2.06. The molecule has 3 nitrogen and oxygen atoms in total. The Hall–Kier alpha value is -1.35. The zero-order chi connectivity index (χ0) is 12.1. The van der Waals surface area contributed by atoms with E-state index in [-0.39, 0.29) is 11.9 Å². The Kier molecular flexibility index (Phi) is 4.15. The number of hydrogen-bond acceptors (Lipinski definition) is 3. The molecule has 1 aromatic carbocycles. The first kappa shape index (κ1) is 12.1. The Morgan fingerprint density at radius 1 is 1.47 bits per heavy atom. The van der Waals surface area contributed by atoms with Gasteiger partial charge in [-0.1, -0.05) is 29.8 Å². The second-order valence-corrected chi connectivity index (χ2v) is 4.61. The molecule has 0 aliphatic heterocycles. The third-order valence-electron chi connectivity index (χ3n) is 2.85. The van der Waals surface area contributed by atoms with E-state index in [9.17, 15) is 4.79 Å². The molecule has 17 heavy (non-hydrogen) atoms. The van der Waals surface area contributed by atoms with E-state index >= 15 is 0 Å². The van der Waals surface area contributed by atoms with Crippen LogP contribution in [-0.4, -0.2) is 19.1 Å². The van der Waals surface area contributed by atoms with E-state index in [1.165, 1.54) is 11.1 Å². The van der Waals surface area contributed by atoms with Gasteiger partial charge in [-0.25, -0.2) is 0 Å². The van der Waals surface area contributed by atoms with Crippen molar-refractivity contribution in [1.82, 2.24) is 5.32 Å². The quantitative estimate of drug-likeness (QED) is 0.603. The lowest BCUT2D eigenvalue weighted by atomic mass is 10.1. The van der Waals surface area contributed by atoms with Crippen LogP contribution in [0, 0.1) is 12.8 Å². The van der Waals surface area contributed by atoms with Crippen LogP contribution in [0.2, 0.25) is 0 Å². The van der Waals surface area contributed by atoms with Gasteiger partial charge in [0.15, 0.2) is 0 Å². The summed E-state index contributed by atoms with van der Waals surface area (Å²) in [6.07, 6.45) is 2.02. The van der Waals surface area contributed by atoms with Crippen LogP contribution in [0.1, 0.15) is 24.0 Å². The van der Waals surface area contributed by atoms with Gasteiger partial charge in [0.1, 0.15) is 6.61 Å². The molecule has 1 N–H and O–H groups in total. The Morgan fingerprint density at radius 3 is 3.00 bits per heavy atom. The molecule has 0 bridgehead atoms. The third kappa shape index (κ3) is 4.19. The fourth-order valence-corrected chi connectivity index (χ4v) is 1.72. The van der Waals surface area contributed by atoms with Crippen LogP contribution in [-0.2, 0) is 16.1 Å².